The molecule has 1 heterocycles. The van der Waals surface area contributed by atoms with Gasteiger partial charge in [-0.3, -0.25) is 0 Å². The van der Waals surface area contributed by atoms with E-state index in [0.29, 0.717) is 0 Å². The molecule has 0 aromatic heterocycles. The van der Waals surface area contributed by atoms with Gasteiger partial charge < -0.3 is 9.31 Å². The molecule has 0 atom stereocenters. The Morgan fingerprint density at radius 3 is 1.56 bits per heavy atom. The zero-order chi connectivity index (χ0) is 18.5. The molecule has 2 aromatic carbocycles. The first-order chi connectivity index (χ1) is 11.5. The quantitative estimate of drug-likeness (QED) is 0.762. The van der Waals surface area contributed by atoms with Gasteiger partial charge in [0.25, 0.3) is 0 Å². The van der Waals surface area contributed by atoms with Crippen LogP contribution >= 0.6 is 0 Å². The van der Waals surface area contributed by atoms with Gasteiger partial charge >= 0.3 is 7.12 Å². The molecule has 0 bridgehead atoms. The van der Waals surface area contributed by atoms with Crippen molar-refractivity contribution >= 4 is 12.6 Å². The fourth-order valence-electron chi connectivity index (χ4n) is 3.17. The number of hydrogen-bond acceptors (Lipinski definition) is 2. The minimum Gasteiger partial charge on any atom is -0.399 e. The van der Waals surface area contributed by atoms with Gasteiger partial charge in [-0.2, -0.15) is 0 Å². The van der Waals surface area contributed by atoms with Crippen molar-refractivity contribution in [2.24, 2.45) is 0 Å². The molecular weight excluding hydrogens is 307 g/mol. The van der Waals surface area contributed by atoms with Crippen molar-refractivity contribution in [3.05, 3.63) is 65.2 Å². The largest absolute Gasteiger partial charge is 0.494 e. The van der Waals surface area contributed by atoms with E-state index in [4.69, 9.17) is 9.31 Å². The SMILES string of the molecule is Cc1ccc(C(C)(C)c2ccc(B3OC(C)(C)C(C)(C)O3)cc2)cc1. The second-order valence-electron chi connectivity index (χ2n) is 8.70. The summed E-state index contributed by atoms with van der Waals surface area (Å²) in [5, 5.41) is 0. The molecular formula is C22H29BO2. The molecule has 0 saturated carbocycles. The van der Waals surface area contributed by atoms with Crippen molar-refractivity contribution in [3.63, 3.8) is 0 Å². The normalized spacial score (nSPS) is 19.2. The zero-order valence-electron chi connectivity index (χ0n) is 16.5. The first-order valence-electron chi connectivity index (χ1n) is 9.06. The summed E-state index contributed by atoms with van der Waals surface area (Å²) in [5.74, 6) is 0. The van der Waals surface area contributed by atoms with Crippen molar-refractivity contribution in [3.8, 4) is 0 Å². The molecule has 0 unspecified atom stereocenters. The second kappa shape index (κ2) is 6.00. The maximum Gasteiger partial charge on any atom is 0.494 e. The highest BCUT2D eigenvalue weighted by molar-refractivity contribution is 6.62. The van der Waals surface area contributed by atoms with E-state index in [2.05, 4.69) is 97.0 Å². The number of aryl methyl sites for hydroxylation is 1. The van der Waals surface area contributed by atoms with Gasteiger partial charge in [-0.1, -0.05) is 67.9 Å². The van der Waals surface area contributed by atoms with Crippen LogP contribution in [0.1, 0.15) is 58.2 Å². The van der Waals surface area contributed by atoms with Crippen LogP contribution in [0, 0.1) is 6.92 Å². The molecule has 0 radical (unpaired) electrons. The van der Waals surface area contributed by atoms with E-state index in [9.17, 15) is 0 Å². The Hall–Kier alpha value is -1.58. The Balaban J connectivity index is 1.84. The van der Waals surface area contributed by atoms with Crippen LogP contribution in [-0.4, -0.2) is 18.3 Å². The summed E-state index contributed by atoms with van der Waals surface area (Å²) in [6.45, 7) is 15.0. The van der Waals surface area contributed by atoms with Crippen LogP contribution in [0.25, 0.3) is 0 Å². The van der Waals surface area contributed by atoms with E-state index in [1.54, 1.807) is 0 Å². The first kappa shape index (κ1) is 18.2. The topological polar surface area (TPSA) is 18.5 Å². The molecule has 1 aliphatic rings. The van der Waals surface area contributed by atoms with Gasteiger partial charge in [0.2, 0.25) is 0 Å². The molecule has 1 saturated heterocycles. The Kier molecular flexibility index (Phi) is 4.37. The monoisotopic (exact) mass is 336 g/mol. The lowest BCUT2D eigenvalue weighted by Crippen LogP contribution is -2.41. The third kappa shape index (κ3) is 3.28. The van der Waals surface area contributed by atoms with Gasteiger partial charge in [0.15, 0.2) is 0 Å². The molecule has 0 aliphatic carbocycles. The van der Waals surface area contributed by atoms with Crippen LogP contribution in [0.2, 0.25) is 0 Å². The summed E-state index contributed by atoms with van der Waals surface area (Å²) in [5.41, 5.74) is 4.31. The molecule has 3 rings (SSSR count). The number of rotatable bonds is 3. The molecule has 2 aromatic rings. The van der Waals surface area contributed by atoms with Crippen molar-refractivity contribution < 1.29 is 9.31 Å². The highest BCUT2D eigenvalue weighted by Crippen LogP contribution is 2.37. The highest BCUT2D eigenvalue weighted by atomic mass is 16.7. The van der Waals surface area contributed by atoms with Gasteiger partial charge in [0, 0.05) is 5.41 Å². The van der Waals surface area contributed by atoms with Gasteiger partial charge in [0.05, 0.1) is 11.2 Å². The summed E-state index contributed by atoms with van der Waals surface area (Å²) in [6.07, 6.45) is 0. The van der Waals surface area contributed by atoms with E-state index in [-0.39, 0.29) is 23.7 Å². The standard InChI is InChI=1S/C22H29BO2/c1-16-8-10-17(11-9-16)20(2,3)18-12-14-19(15-13-18)23-24-21(4,5)22(6,7)25-23/h8-15H,1-7H3. The molecule has 132 valence electrons. The lowest BCUT2D eigenvalue weighted by Gasteiger charge is -2.32. The Bertz CT molecular complexity index is 727. The summed E-state index contributed by atoms with van der Waals surface area (Å²) >= 11 is 0. The maximum atomic E-state index is 6.15. The average Bonchev–Trinajstić information content (AvgIpc) is 2.76. The summed E-state index contributed by atoms with van der Waals surface area (Å²) in [6, 6.07) is 17.4. The van der Waals surface area contributed by atoms with E-state index in [1.165, 1.54) is 16.7 Å². The molecule has 0 amide bonds. The van der Waals surface area contributed by atoms with E-state index in [1.807, 2.05) is 0 Å². The van der Waals surface area contributed by atoms with Crippen LogP contribution in [0.5, 0.6) is 0 Å². The number of hydrogen-bond donors (Lipinski definition) is 0. The molecule has 0 spiro atoms. The molecule has 3 heteroatoms. The highest BCUT2D eigenvalue weighted by Gasteiger charge is 2.51. The summed E-state index contributed by atoms with van der Waals surface area (Å²) in [7, 11) is -0.304. The van der Waals surface area contributed by atoms with E-state index < -0.39 is 0 Å². The summed E-state index contributed by atoms with van der Waals surface area (Å²) < 4.78 is 12.3. The van der Waals surface area contributed by atoms with Crippen LogP contribution in [0.3, 0.4) is 0 Å². The van der Waals surface area contributed by atoms with Gasteiger partial charge in [0.1, 0.15) is 0 Å². The molecule has 2 nitrogen and oxygen atoms in total. The predicted octanol–water partition coefficient (Wildman–Crippen LogP) is 4.62. The van der Waals surface area contributed by atoms with E-state index in [0.717, 1.165) is 5.46 Å². The Labute approximate surface area is 152 Å². The summed E-state index contributed by atoms with van der Waals surface area (Å²) in [4.78, 5) is 0. The maximum absolute atomic E-state index is 6.15. The molecule has 0 N–H and O–H groups in total. The lowest BCUT2D eigenvalue weighted by atomic mass is 9.74. The fraction of sp³-hybridized carbons (Fsp3) is 0.455. The van der Waals surface area contributed by atoms with Crippen LogP contribution < -0.4 is 5.46 Å². The van der Waals surface area contributed by atoms with Gasteiger partial charge in [-0.15, -0.1) is 0 Å². The van der Waals surface area contributed by atoms with Crippen LogP contribution in [-0.2, 0) is 14.7 Å². The molecule has 1 aliphatic heterocycles. The smallest absolute Gasteiger partial charge is 0.399 e. The fourth-order valence-corrected chi connectivity index (χ4v) is 3.17. The van der Waals surface area contributed by atoms with Crippen molar-refractivity contribution in [2.75, 3.05) is 0 Å². The third-order valence-corrected chi connectivity index (χ3v) is 5.93. The Morgan fingerprint density at radius 2 is 1.12 bits per heavy atom. The average molecular weight is 336 g/mol. The van der Waals surface area contributed by atoms with Crippen LogP contribution in [0.15, 0.2) is 48.5 Å². The number of benzene rings is 2. The zero-order valence-corrected chi connectivity index (χ0v) is 16.5. The van der Waals surface area contributed by atoms with Gasteiger partial charge in [-0.25, -0.2) is 0 Å². The Morgan fingerprint density at radius 1 is 0.720 bits per heavy atom. The van der Waals surface area contributed by atoms with E-state index >= 15 is 0 Å². The minimum atomic E-state index is -0.308. The van der Waals surface area contributed by atoms with Crippen molar-refractivity contribution in [1.29, 1.82) is 0 Å². The van der Waals surface area contributed by atoms with Crippen molar-refractivity contribution in [1.82, 2.24) is 0 Å². The second-order valence-corrected chi connectivity index (χ2v) is 8.70. The minimum absolute atomic E-state index is 0.0395. The van der Waals surface area contributed by atoms with Crippen LogP contribution in [0.4, 0.5) is 0 Å². The van der Waals surface area contributed by atoms with Crippen molar-refractivity contribution in [2.45, 2.75) is 65.1 Å². The van der Waals surface area contributed by atoms with Gasteiger partial charge in [-0.05, 0) is 51.2 Å². The first-order valence-corrected chi connectivity index (χ1v) is 9.06. The molecule has 25 heavy (non-hydrogen) atoms. The molecule has 1 fully saturated rings. The predicted molar refractivity (Wildman–Crippen MR) is 105 cm³/mol. The lowest BCUT2D eigenvalue weighted by molar-refractivity contribution is 0.00578. The third-order valence-electron chi connectivity index (χ3n) is 5.93.